The predicted octanol–water partition coefficient (Wildman–Crippen LogP) is 4.45. The van der Waals surface area contributed by atoms with Gasteiger partial charge in [0.1, 0.15) is 0 Å². The van der Waals surface area contributed by atoms with E-state index in [1.807, 2.05) is 0 Å². The molecule has 1 heteroatoms. The third-order valence-electron chi connectivity index (χ3n) is 4.71. The van der Waals surface area contributed by atoms with E-state index in [2.05, 4.69) is 13.0 Å². The zero-order chi connectivity index (χ0) is 12.1. The molecule has 2 aliphatic carbocycles. The van der Waals surface area contributed by atoms with Crippen LogP contribution in [-0.4, -0.2) is 11.2 Å². The second kappa shape index (κ2) is 6.58. The van der Waals surface area contributed by atoms with Crippen molar-refractivity contribution >= 4 is 0 Å². The molecule has 2 rings (SSSR count). The van der Waals surface area contributed by atoms with Gasteiger partial charge in [-0.25, -0.2) is 0 Å². The quantitative estimate of drug-likeness (QED) is 0.702. The highest BCUT2D eigenvalue weighted by Crippen LogP contribution is 2.34. The van der Waals surface area contributed by atoms with Crippen LogP contribution in [0.1, 0.15) is 71.1 Å². The fourth-order valence-corrected chi connectivity index (χ4v) is 3.39. The van der Waals surface area contributed by atoms with E-state index in [4.69, 9.17) is 0 Å². The number of aliphatic hydroxyl groups is 1. The maximum atomic E-state index is 10.5. The lowest BCUT2D eigenvalue weighted by Crippen LogP contribution is -2.27. The van der Waals surface area contributed by atoms with Crippen LogP contribution in [0.3, 0.4) is 0 Å². The van der Waals surface area contributed by atoms with Crippen LogP contribution in [0.5, 0.6) is 0 Å². The van der Waals surface area contributed by atoms with Gasteiger partial charge in [-0.3, -0.25) is 0 Å². The largest absolute Gasteiger partial charge is 0.388 e. The van der Waals surface area contributed by atoms with Gasteiger partial charge in [-0.05, 0) is 55.9 Å². The van der Waals surface area contributed by atoms with Gasteiger partial charge in [0.25, 0.3) is 0 Å². The maximum absolute atomic E-state index is 10.5. The van der Waals surface area contributed by atoms with E-state index in [1.165, 1.54) is 63.4 Å². The average molecular weight is 236 g/mol. The molecule has 0 amide bonds. The Kier molecular flexibility index (Phi) is 5.09. The molecule has 2 aliphatic rings. The molecule has 98 valence electrons. The van der Waals surface area contributed by atoms with Crippen molar-refractivity contribution in [2.24, 2.45) is 11.8 Å². The van der Waals surface area contributed by atoms with E-state index in [-0.39, 0.29) is 6.10 Å². The molecule has 0 aliphatic heterocycles. The van der Waals surface area contributed by atoms with Crippen molar-refractivity contribution in [2.45, 2.75) is 77.2 Å². The molecule has 17 heavy (non-hydrogen) atoms. The third-order valence-corrected chi connectivity index (χ3v) is 4.71. The molecule has 1 saturated carbocycles. The Morgan fingerprint density at radius 2 is 1.76 bits per heavy atom. The molecule has 0 aromatic rings. The summed E-state index contributed by atoms with van der Waals surface area (Å²) in [5.74, 6) is 1.43. The highest BCUT2D eigenvalue weighted by atomic mass is 16.3. The number of aliphatic hydroxyl groups excluding tert-OH is 1. The van der Waals surface area contributed by atoms with E-state index in [0.717, 1.165) is 12.3 Å². The van der Waals surface area contributed by atoms with Crippen LogP contribution >= 0.6 is 0 Å². The lowest BCUT2D eigenvalue weighted by atomic mass is 9.77. The standard InChI is InChI=1S/C16H28O/c1-13-9-11-15(12-10-13)16(17)14-7-5-3-2-4-6-8-14/h7,13,15-17H,2-6,8-12H2,1H3. The van der Waals surface area contributed by atoms with Crippen molar-refractivity contribution < 1.29 is 5.11 Å². The van der Waals surface area contributed by atoms with Gasteiger partial charge in [0, 0.05) is 0 Å². The molecule has 0 aromatic carbocycles. The minimum absolute atomic E-state index is 0.124. The smallest absolute Gasteiger partial charge is 0.0778 e. The number of hydrogen-bond donors (Lipinski definition) is 1. The van der Waals surface area contributed by atoms with Gasteiger partial charge >= 0.3 is 0 Å². The van der Waals surface area contributed by atoms with Crippen molar-refractivity contribution in [1.29, 1.82) is 0 Å². The van der Waals surface area contributed by atoms with Crippen molar-refractivity contribution in [3.05, 3.63) is 11.6 Å². The Hall–Kier alpha value is -0.300. The zero-order valence-electron chi connectivity index (χ0n) is 11.3. The van der Waals surface area contributed by atoms with Crippen LogP contribution in [0, 0.1) is 11.8 Å². The van der Waals surface area contributed by atoms with Crippen LogP contribution in [0.25, 0.3) is 0 Å². The van der Waals surface area contributed by atoms with E-state index in [0.29, 0.717) is 5.92 Å². The van der Waals surface area contributed by atoms with Crippen molar-refractivity contribution in [3.63, 3.8) is 0 Å². The van der Waals surface area contributed by atoms with Crippen LogP contribution in [0.15, 0.2) is 11.6 Å². The molecule has 1 atom stereocenters. The maximum Gasteiger partial charge on any atom is 0.0778 e. The zero-order valence-corrected chi connectivity index (χ0v) is 11.3. The van der Waals surface area contributed by atoms with Crippen molar-refractivity contribution in [2.75, 3.05) is 0 Å². The first kappa shape index (κ1) is 13.1. The molecule has 0 aromatic heterocycles. The highest BCUT2D eigenvalue weighted by Gasteiger charge is 2.26. The number of allylic oxidation sites excluding steroid dienone is 1. The molecular weight excluding hydrogens is 208 g/mol. The number of hydrogen-bond acceptors (Lipinski definition) is 1. The van der Waals surface area contributed by atoms with Gasteiger partial charge in [-0.2, -0.15) is 0 Å². The summed E-state index contributed by atoms with van der Waals surface area (Å²) in [5, 5.41) is 10.5. The summed E-state index contributed by atoms with van der Waals surface area (Å²) in [6.07, 6.45) is 15.0. The Bertz CT molecular complexity index is 248. The minimum atomic E-state index is -0.124. The molecule has 0 spiro atoms. The van der Waals surface area contributed by atoms with Gasteiger partial charge in [-0.15, -0.1) is 0 Å². The average Bonchev–Trinajstić information content (AvgIpc) is 2.29. The molecule has 1 fully saturated rings. The van der Waals surface area contributed by atoms with Gasteiger partial charge in [-0.1, -0.05) is 38.7 Å². The third kappa shape index (κ3) is 3.84. The van der Waals surface area contributed by atoms with E-state index >= 15 is 0 Å². The fraction of sp³-hybridized carbons (Fsp3) is 0.875. The molecular formula is C16H28O. The monoisotopic (exact) mass is 236 g/mol. The SMILES string of the molecule is CC1CCC(C(O)C2=CCCCCCC2)CC1. The Morgan fingerprint density at radius 1 is 1.06 bits per heavy atom. The van der Waals surface area contributed by atoms with E-state index in [9.17, 15) is 5.11 Å². The highest BCUT2D eigenvalue weighted by molar-refractivity contribution is 5.10. The summed E-state index contributed by atoms with van der Waals surface area (Å²) in [4.78, 5) is 0. The topological polar surface area (TPSA) is 20.2 Å². The van der Waals surface area contributed by atoms with Crippen LogP contribution in [0.2, 0.25) is 0 Å². The Balaban J connectivity index is 1.90. The Labute approximate surface area is 106 Å². The first-order chi connectivity index (χ1) is 8.27. The van der Waals surface area contributed by atoms with Crippen LogP contribution < -0.4 is 0 Å². The van der Waals surface area contributed by atoms with Gasteiger partial charge in [0.15, 0.2) is 0 Å². The molecule has 0 saturated heterocycles. The first-order valence-corrected chi connectivity index (χ1v) is 7.64. The Morgan fingerprint density at radius 3 is 2.53 bits per heavy atom. The second-order valence-electron chi connectivity index (χ2n) is 6.20. The summed E-state index contributed by atoms with van der Waals surface area (Å²) in [6.45, 7) is 2.34. The molecule has 1 nitrogen and oxygen atoms in total. The molecule has 1 N–H and O–H groups in total. The second-order valence-corrected chi connectivity index (χ2v) is 6.20. The van der Waals surface area contributed by atoms with Gasteiger partial charge in [0.2, 0.25) is 0 Å². The van der Waals surface area contributed by atoms with E-state index in [1.54, 1.807) is 0 Å². The van der Waals surface area contributed by atoms with Crippen molar-refractivity contribution in [1.82, 2.24) is 0 Å². The summed E-state index contributed by atoms with van der Waals surface area (Å²) >= 11 is 0. The molecule has 0 bridgehead atoms. The van der Waals surface area contributed by atoms with Crippen molar-refractivity contribution in [3.8, 4) is 0 Å². The first-order valence-electron chi connectivity index (χ1n) is 7.64. The predicted molar refractivity (Wildman–Crippen MR) is 72.9 cm³/mol. The lowest BCUT2D eigenvalue weighted by Gasteiger charge is -2.31. The minimum Gasteiger partial charge on any atom is -0.388 e. The van der Waals surface area contributed by atoms with Crippen LogP contribution in [0.4, 0.5) is 0 Å². The summed E-state index contributed by atoms with van der Waals surface area (Å²) < 4.78 is 0. The normalized spacial score (nSPS) is 33.4. The van der Waals surface area contributed by atoms with Crippen LogP contribution in [-0.2, 0) is 0 Å². The molecule has 0 radical (unpaired) electrons. The van der Waals surface area contributed by atoms with Gasteiger partial charge < -0.3 is 5.11 Å². The van der Waals surface area contributed by atoms with Gasteiger partial charge in [0.05, 0.1) is 6.10 Å². The number of rotatable bonds is 2. The fourth-order valence-electron chi connectivity index (χ4n) is 3.39. The summed E-state index contributed by atoms with van der Waals surface area (Å²) in [5.41, 5.74) is 1.37. The van der Waals surface area contributed by atoms with E-state index < -0.39 is 0 Å². The molecule has 0 heterocycles. The summed E-state index contributed by atoms with van der Waals surface area (Å²) in [6, 6.07) is 0. The summed E-state index contributed by atoms with van der Waals surface area (Å²) in [7, 11) is 0. The molecule has 1 unspecified atom stereocenters. The lowest BCUT2D eigenvalue weighted by molar-refractivity contribution is 0.100.